The summed E-state index contributed by atoms with van der Waals surface area (Å²) in [6, 6.07) is 10.5. The van der Waals surface area contributed by atoms with E-state index in [-0.39, 0.29) is 0 Å². The lowest BCUT2D eigenvalue weighted by molar-refractivity contribution is 0.561. The number of hydrogen-bond donors (Lipinski definition) is 0. The fraction of sp³-hybridized carbons (Fsp3) is 0.0833. The van der Waals surface area contributed by atoms with E-state index in [1.54, 1.807) is 10.9 Å². The van der Waals surface area contributed by atoms with Crippen LogP contribution in [0.3, 0.4) is 0 Å². The highest BCUT2D eigenvalue weighted by Gasteiger charge is 2.11. The minimum Gasteiger partial charge on any atom is -0.241 e. The van der Waals surface area contributed by atoms with Crippen LogP contribution < -0.4 is 0 Å². The van der Waals surface area contributed by atoms with E-state index in [4.69, 9.17) is 5.26 Å². The van der Waals surface area contributed by atoms with Gasteiger partial charge in [0.2, 0.25) is 6.08 Å². The molecule has 0 N–H and O–H groups in total. The largest absolute Gasteiger partial charge is 0.241 e. The van der Waals surface area contributed by atoms with E-state index >= 15 is 0 Å². The van der Waals surface area contributed by atoms with Crippen molar-refractivity contribution < 1.29 is 4.79 Å². The zero-order valence-electron chi connectivity index (χ0n) is 8.82. The summed E-state index contributed by atoms with van der Waals surface area (Å²) in [7, 11) is 0. The minimum absolute atomic E-state index is 0.569. The molecule has 0 aliphatic rings. The normalized spacial score (nSPS) is 11.2. The molecule has 5 heteroatoms. The van der Waals surface area contributed by atoms with Gasteiger partial charge in [0.15, 0.2) is 6.04 Å². The van der Waals surface area contributed by atoms with Gasteiger partial charge in [-0.15, -0.1) is 0 Å². The summed E-state index contributed by atoms with van der Waals surface area (Å²) in [5, 5.41) is 12.9. The second-order valence-corrected chi connectivity index (χ2v) is 3.31. The third kappa shape index (κ3) is 2.28. The van der Waals surface area contributed by atoms with Crippen LogP contribution in [0.15, 0.2) is 47.7 Å². The molecule has 2 rings (SSSR count). The third-order valence-corrected chi connectivity index (χ3v) is 2.24. The Morgan fingerprint density at radius 1 is 1.35 bits per heavy atom. The average molecular weight is 224 g/mol. The van der Waals surface area contributed by atoms with Crippen LogP contribution in [0, 0.1) is 11.3 Å². The Bertz CT molecular complexity index is 590. The van der Waals surface area contributed by atoms with Crippen molar-refractivity contribution in [2.75, 3.05) is 0 Å². The standard InChI is InChI=1S/C12H8N4O/c13-6-12(14-9-17)10-7-15-16(8-10)11-4-2-1-3-5-11/h1-5,7-8,12H. The van der Waals surface area contributed by atoms with Gasteiger partial charge in [-0.1, -0.05) is 18.2 Å². The summed E-state index contributed by atoms with van der Waals surface area (Å²) in [4.78, 5) is 13.6. The first kappa shape index (κ1) is 10.8. The number of rotatable bonds is 3. The number of nitriles is 1. The number of nitrogens with zero attached hydrogens (tertiary/aromatic N) is 4. The van der Waals surface area contributed by atoms with Crippen molar-refractivity contribution in [1.29, 1.82) is 5.26 Å². The number of aliphatic imine (C=N–C) groups is 1. The molecule has 0 spiro atoms. The average Bonchev–Trinajstić information content (AvgIpc) is 2.86. The molecular weight excluding hydrogens is 216 g/mol. The molecule has 0 amide bonds. The van der Waals surface area contributed by atoms with Crippen molar-refractivity contribution in [1.82, 2.24) is 9.78 Å². The lowest BCUT2D eigenvalue weighted by Crippen LogP contribution is -1.93. The molecule has 1 atom stereocenters. The molecule has 1 aromatic carbocycles. The summed E-state index contributed by atoms with van der Waals surface area (Å²) in [6.45, 7) is 0. The highest BCUT2D eigenvalue weighted by atomic mass is 16.1. The van der Waals surface area contributed by atoms with Crippen molar-refractivity contribution in [3.63, 3.8) is 0 Å². The van der Waals surface area contributed by atoms with E-state index in [1.807, 2.05) is 36.4 Å². The number of hydrogen-bond acceptors (Lipinski definition) is 4. The van der Waals surface area contributed by atoms with Crippen LogP contribution in [-0.4, -0.2) is 15.9 Å². The second kappa shape index (κ2) is 4.88. The summed E-state index contributed by atoms with van der Waals surface area (Å²) in [5.41, 5.74) is 1.45. The summed E-state index contributed by atoms with van der Waals surface area (Å²) in [5.74, 6) is 0. The summed E-state index contributed by atoms with van der Waals surface area (Å²) >= 11 is 0. The molecule has 5 nitrogen and oxygen atoms in total. The van der Waals surface area contributed by atoms with E-state index in [2.05, 4.69) is 10.1 Å². The maximum absolute atomic E-state index is 10.2. The molecule has 1 aromatic heterocycles. The van der Waals surface area contributed by atoms with Gasteiger partial charge >= 0.3 is 0 Å². The fourth-order valence-corrected chi connectivity index (χ4v) is 1.43. The number of isocyanates is 1. The van der Waals surface area contributed by atoms with Crippen molar-refractivity contribution >= 4 is 6.08 Å². The Hall–Kier alpha value is -2.70. The summed E-state index contributed by atoms with van der Waals surface area (Å²) in [6.07, 6.45) is 4.57. The highest BCUT2D eigenvalue weighted by Crippen LogP contribution is 2.16. The Morgan fingerprint density at radius 3 is 2.76 bits per heavy atom. The Kier molecular flexibility index (Phi) is 3.10. The van der Waals surface area contributed by atoms with Gasteiger partial charge < -0.3 is 0 Å². The monoisotopic (exact) mass is 224 g/mol. The van der Waals surface area contributed by atoms with Gasteiger partial charge in [-0.3, -0.25) is 0 Å². The molecule has 0 bridgehead atoms. The topological polar surface area (TPSA) is 71.0 Å². The molecule has 0 radical (unpaired) electrons. The molecule has 82 valence electrons. The maximum Gasteiger partial charge on any atom is 0.236 e. The third-order valence-electron chi connectivity index (χ3n) is 2.24. The number of carbonyl (C=O) groups excluding carboxylic acids is 1. The number of para-hydroxylation sites is 1. The molecule has 0 aliphatic carbocycles. The van der Waals surface area contributed by atoms with Gasteiger partial charge in [0.1, 0.15) is 0 Å². The lowest BCUT2D eigenvalue weighted by atomic mass is 10.2. The Balaban J connectivity index is 2.34. The van der Waals surface area contributed by atoms with Gasteiger partial charge in [-0.05, 0) is 12.1 Å². The van der Waals surface area contributed by atoms with Crippen LogP contribution in [0.25, 0.3) is 5.69 Å². The van der Waals surface area contributed by atoms with E-state index < -0.39 is 6.04 Å². The fourth-order valence-electron chi connectivity index (χ4n) is 1.43. The van der Waals surface area contributed by atoms with Crippen LogP contribution in [0.1, 0.15) is 11.6 Å². The first-order valence-electron chi connectivity index (χ1n) is 4.91. The van der Waals surface area contributed by atoms with E-state index in [9.17, 15) is 4.79 Å². The quantitative estimate of drug-likeness (QED) is 0.589. The summed E-state index contributed by atoms with van der Waals surface area (Å²) < 4.78 is 1.62. The van der Waals surface area contributed by atoms with Crippen molar-refractivity contribution in [2.45, 2.75) is 6.04 Å². The maximum atomic E-state index is 10.2. The first-order valence-corrected chi connectivity index (χ1v) is 4.91. The van der Waals surface area contributed by atoms with E-state index in [0.29, 0.717) is 5.56 Å². The predicted molar refractivity (Wildman–Crippen MR) is 60.0 cm³/mol. The Labute approximate surface area is 97.6 Å². The van der Waals surface area contributed by atoms with Crippen molar-refractivity contribution in [3.05, 3.63) is 48.3 Å². The minimum atomic E-state index is -0.843. The molecule has 0 aliphatic heterocycles. The number of aromatic nitrogens is 2. The van der Waals surface area contributed by atoms with E-state index in [1.165, 1.54) is 12.3 Å². The predicted octanol–water partition coefficient (Wildman–Crippen LogP) is 1.77. The molecular formula is C12H8N4O. The number of benzene rings is 1. The van der Waals surface area contributed by atoms with Crippen molar-refractivity contribution in [3.8, 4) is 11.8 Å². The van der Waals surface area contributed by atoms with Gasteiger partial charge in [0.05, 0.1) is 18.0 Å². The van der Waals surface area contributed by atoms with Gasteiger partial charge in [-0.25, -0.2) is 9.48 Å². The van der Waals surface area contributed by atoms with Crippen LogP contribution in [0.4, 0.5) is 0 Å². The van der Waals surface area contributed by atoms with Crippen LogP contribution >= 0.6 is 0 Å². The lowest BCUT2D eigenvalue weighted by Gasteiger charge is -1.99. The van der Waals surface area contributed by atoms with Crippen molar-refractivity contribution in [2.24, 2.45) is 4.99 Å². The Morgan fingerprint density at radius 2 is 2.12 bits per heavy atom. The zero-order chi connectivity index (χ0) is 12.1. The molecule has 0 saturated heterocycles. The second-order valence-electron chi connectivity index (χ2n) is 3.31. The highest BCUT2D eigenvalue weighted by molar-refractivity contribution is 5.38. The smallest absolute Gasteiger partial charge is 0.236 e. The molecule has 17 heavy (non-hydrogen) atoms. The molecule has 2 aromatic rings. The van der Waals surface area contributed by atoms with Gasteiger partial charge in [-0.2, -0.15) is 15.4 Å². The SMILES string of the molecule is N#CC(N=C=O)c1cnn(-c2ccccc2)c1. The van der Waals surface area contributed by atoms with Gasteiger partial charge in [0, 0.05) is 11.8 Å². The van der Waals surface area contributed by atoms with E-state index in [0.717, 1.165) is 5.69 Å². The molecule has 0 saturated carbocycles. The van der Waals surface area contributed by atoms with Gasteiger partial charge in [0.25, 0.3) is 0 Å². The van der Waals surface area contributed by atoms with Crippen LogP contribution in [0.2, 0.25) is 0 Å². The molecule has 0 fully saturated rings. The molecule has 1 unspecified atom stereocenters. The first-order chi connectivity index (χ1) is 8.35. The molecule has 1 heterocycles. The van der Waals surface area contributed by atoms with Crippen LogP contribution in [0.5, 0.6) is 0 Å². The van der Waals surface area contributed by atoms with Crippen LogP contribution in [-0.2, 0) is 4.79 Å². The zero-order valence-corrected chi connectivity index (χ0v) is 8.82.